The molecule has 0 aliphatic heterocycles. The summed E-state index contributed by atoms with van der Waals surface area (Å²) < 4.78 is 19.5. The smallest absolute Gasteiger partial charge is 0.316 e. The summed E-state index contributed by atoms with van der Waals surface area (Å²) >= 11 is 3.25. The van der Waals surface area contributed by atoms with Crippen LogP contribution in [-0.4, -0.2) is 24.3 Å². The number of halogens is 2. The van der Waals surface area contributed by atoms with Gasteiger partial charge in [0.15, 0.2) is 0 Å². The largest absolute Gasteiger partial charge is 0.465 e. The van der Waals surface area contributed by atoms with Crippen molar-refractivity contribution in [2.24, 2.45) is 0 Å². The Labute approximate surface area is 114 Å². The maximum atomic E-state index is 13.9. The summed E-state index contributed by atoms with van der Waals surface area (Å²) in [5.41, 5.74) is -0.956. The van der Waals surface area contributed by atoms with E-state index in [-0.39, 0.29) is 25.2 Å². The second-order valence-corrected chi connectivity index (χ2v) is 5.07. The van der Waals surface area contributed by atoms with Crippen molar-refractivity contribution >= 4 is 21.9 Å². The molecule has 0 aromatic heterocycles. The van der Waals surface area contributed by atoms with Crippen molar-refractivity contribution in [2.75, 3.05) is 13.2 Å². The SMILES string of the molecule is CCOC(=O)C(C)(CCO)c1cc(Br)ccc1F. The molecule has 0 fully saturated rings. The van der Waals surface area contributed by atoms with E-state index in [4.69, 9.17) is 9.84 Å². The molecular formula is C13H16BrFO3. The molecule has 0 bridgehead atoms. The molecule has 1 unspecified atom stereocenters. The average molecular weight is 319 g/mol. The van der Waals surface area contributed by atoms with Crippen LogP contribution in [0, 0.1) is 5.82 Å². The fourth-order valence-corrected chi connectivity index (χ4v) is 2.14. The quantitative estimate of drug-likeness (QED) is 0.849. The molecule has 18 heavy (non-hydrogen) atoms. The van der Waals surface area contributed by atoms with Crippen molar-refractivity contribution in [3.8, 4) is 0 Å². The molecular weight excluding hydrogens is 303 g/mol. The van der Waals surface area contributed by atoms with E-state index in [0.29, 0.717) is 4.47 Å². The molecule has 1 aromatic rings. The zero-order valence-corrected chi connectivity index (χ0v) is 12.0. The Hall–Kier alpha value is -0.940. The number of carbonyl (C=O) groups excluding carboxylic acids is 1. The summed E-state index contributed by atoms with van der Waals surface area (Å²) in [4.78, 5) is 12.0. The molecule has 0 radical (unpaired) electrons. The molecule has 0 saturated heterocycles. The van der Waals surface area contributed by atoms with E-state index < -0.39 is 17.2 Å². The highest BCUT2D eigenvalue weighted by atomic mass is 79.9. The predicted octanol–water partition coefficient (Wildman–Crippen LogP) is 2.79. The van der Waals surface area contributed by atoms with E-state index in [9.17, 15) is 9.18 Å². The van der Waals surface area contributed by atoms with E-state index >= 15 is 0 Å². The van der Waals surface area contributed by atoms with Crippen molar-refractivity contribution in [1.29, 1.82) is 0 Å². The molecule has 0 amide bonds. The third-order valence-electron chi connectivity index (χ3n) is 2.86. The Morgan fingerprint density at radius 1 is 1.56 bits per heavy atom. The zero-order valence-electron chi connectivity index (χ0n) is 10.4. The molecule has 3 nitrogen and oxygen atoms in total. The maximum Gasteiger partial charge on any atom is 0.316 e. The second kappa shape index (κ2) is 6.29. The monoisotopic (exact) mass is 318 g/mol. The van der Waals surface area contributed by atoms with Gasteiger partial charge in [0.1, 0.15) is 5.82 Å². The highest BCUT2D eigenvalue weighted by Crippen LogP contribution is 2.33. The van der Waals surface area contributed by atoms with Gasteiger partial charge in [-0.1, -0.05) is 15.9 Å². The van der Waals surface area contributed by atoms with Crippen molar-refractivity contribution in [2.45, 2.75) is 25.7 Å². The lowest BCUT2D eigenvalue weighted by molar-refractivity contribution is -0.150. The van der Waals surface area contributed by atoms with E-state index in [1.807, 2.05) is 0 Å². The van der Waals surface area contributed by atoms with Crippen molar-refractivity contribution in [1.82, 2.24) is 0 Å². The average Bonchev–Trinajstić information content (AvgIpc) is 2.32. The first kappa shape index (κ1) is 15.1. The van der Waals surface area contributed by atoms with Crippen LogP contribution in [0.4, 0.5) is 4.39 Å². The number of hydrogen-bond acceptors (Lipinski definition) is 3. The molecule has 0 aliphatic rings. The third kappa shape index (κ3) is 3.09. The van der Waals surface area contributed by atoms with E-state index in [0.717, 1.165) is 0 Å². The summed E-state index contributed by atoms with van der Waals surface area (Å²) in [5, 5.41) is 9.10. The fourth-order valence-electron chi connectivity index (χ4n) is 1.78. The molecule has 1 rings (SSSR count). The third-order valence-corrected chi connectivity index (χ3v) is 3.35. The number of esters is 1. The number of hydrogen-bond donors (Lipinski definition) is 1. The number of ether oxygens (including phenoxy) is 1. The van der Waals surface area contributed by atoms with Crippen LogP contribution in [0.5, 0.6) is 0 Å². The van der Waals surface area contributed by atoms with Gasteiger partial charge in [0.25, 0.3) is 0 Å². The van der Waals surface area contributed by atoms with Gasteiger partial charge in [0.2, 0.25) is 0 Å². The van der Waals surface area contributed by atoms with E-state index in [2.05, 4.69) is 15.9 Å². The van der Waals surface area contributed by atoms with Gasteiger partial charge in [-0.2, -0.15) is 0 Å². The first-order chi connectivity index (χ1) is 8.45. The Kier molecular flexibility index (Phi) is 5.28. The molecule has 0 spiro atoms. The van der Waals surface area contributed by atoms with Gasteiger partial charge in [-0.25, -0.2) is 4.39 Å². The molecule has 5 heteroatoms. The first-order valence-electron chi connectivity index (χ1n) is 5.69. The van der Waals surface area contributed by atoms with Crippen LogP contribution in [0.15, 0.2) is 22.7 Å². The van der Waals surface area contributed by atoms with Gasteiger partial charge in [-0.15, -0.1) is 0 Å². The molecule has 1 aromatic carbocycles. The summed E-state index contributed by atoms with van der Waals surface area (Å²) in [5.74, 6) is -1.02. The van der Waals surface area contributed by atoms with Crippen LogP contribution in [0.2, 0.25) is 0 Å². The Balaban J connectivity index is 3.25. The highest BCUT2D eigenvalue weighted by Gasteiger charge is 2.38. The molecule has 0 aliphatic carbocycles. The molecule has 1 N–H and O–H groups in total. The van der Waals surface area contributed by atoms with Gasteiger partial charge in [0, 0.05) is 16.6 Å². The number of carbonyl (C=O) groups is 1. The van der Waals surface area contributed by atoms with Crippen molar-refractivity contribution < 1.29 is 19.0 Å². The molecule has 1 atom stereocenters. The number of benzene rings is 1. The fraction of sp³-hybridized carbons (Fsp3) is 0.462. The lowest BCUT2D eigenvalue weighted by Crippen LogP contribution is -2.36. The predicted molar refractivity (Wildman–Crippen MR) is 69.8 cm³/mol. The van der Waals surface area contributed by atoms with Crippen LogP contribution >= 0.6 is 15.9 Å². The summed E-state index contributed by atoms with van der Waals surface area (Å²) in [6.07, 6.45) is 0.110. The van der Waals surface area contributed by atoms with E-state index in [1.54, 1.807) is 26.0 Å². The Morgan fingerprint density at radius 2 is 2.22 bits per heavy atom. The van der Waals surface area contributed by atoms with Gasteiger partial charge in [-0.3, -0.25) is 4.79 Å². The highest BCUT2D eigenvalue weighted by molar-refractivity contribution is 9.10. The molecule has 100 valence electrons. The van der Waals surface area contributed by atoms with Crippen molar-refractivity contribution in [3.05, 3.63) is 34.1 Å². The topological polar surface area (TPSA) is 46.5 Å². The Bertz CT molecular complexity index is 436. The number of rotatable bonds is 5. The van der Waals surface area contributed by atoms with Gasteiger partial charge in [-0.05, 0) is 38.5 Å². The van der Waals surface area contributed by atoms with Gasteiger partial charge >= 0.3 is 5.97 Å². The lowest BCUT2D eigenvalue weighted by atomic mass is 9.79. The van der Waals surface area contributed by atoms with Crippen LogP contribution in [0.3, 0.4) is 0 Å². The minimum absolute atomic E-state index is 0.110. The Morgan fingerprint density at radius 3 is 2.78 bits per heavy atom. The summed E-state index contributed by atoms with van der Waals surface area (Å²) in [7, 11) is 0. The summed E-state index contributed by atoms with van der Waals surface area (Å²) in [6, 6.07) is 4.39. The molecule has 0 saturated carbocycles. The van der Waals surface area contributed by atoms with E-state index in [1.165, 1.54) is 6.07 Å². The van der Waals surface area contributed by atoms with Crippen LogP contribution in [0.1, 0.15) is 25.8 Å². The lowest BCUT2D eigenvalue weighted by Gasteiger charge is -2.27. The van der Waals surface area contributed by atoms with Crippen molar-refractivity contribution in [3.63, 3.8) is 0 Å². The normalized spacial score (nSPS) is 14.1. The zero-order chi connectivity index (χ0) is 13.8. The minimum Gasteiger partial charge on any atom is -0.465 e. The second-order valence-electron chi connectivity index (χ2n) is 4.15. The minimum atomic E-state index is -1.18. The standard InChI is InChI=1S/C13H16BrFO3/c1-3-18-12(17)13(2,6-7-16)10-8-9(14)4-5-11(10)15/h4-5,8,16H,3,6-7H2,1-2H3. The molecule has 0 heterocycles. The van der Waals surface area contributed by atoms with Crippen LogP contribution in [-0.2, 0) is 14.9 Å². The van der Waals surface area contributed by atoms with Gasteiger partial charge in [0.05, 0.1) is 12.0 Å². The maximum absolute atomic E-state index is 13.9. The van der Waals surface area contributed by atoms with Crippen LogP contribution < -0.4 is 0 Å². The number of aliphatic hydroxyl groups excluding tert-OH is 1. The summed E-state index contributed by atoms with van der Waals surface area (Å²) in [6.45, 7) is 3.26. The number of aliphatic hydroxyl groups is 1. The van der Waals surface area contributed by atoms with Crippen LogP contribution in [0.25, 0.3) is 0 Å². The first-order valence-corrected chi connectivity index (χ1v) is 6.48. The van der Waals surface area contributed by atoms with Gasteiger partial charge < -0.3 is 9.84 Å².